The molecule has 0 amide bonds. The van der Waals surface area contributed by atoms with Gasteiger partial charge in [-0.2, -0.15) is 5.10 Å². The Bertz CT molecular complexity index is 273. The highest BCUT2D eigenvalue weighted by Gasteiger charge is 1.99. The normalized spacial score (nSPS) is 11.2. The third-order valence-corrected chi connectivity index (χ3v) is 2.95. The predicted molar refractivity (Wildman–Crippen MR) is 63.2 cm³/mol. The lowest BCUT2D eigenvalue weighted by Crippen LogP contribution is -2.28. The molecule has 1 N–H and O–H groups in total. The van der Waals surface area contributed by atoms with Crippen LogP contribution in [0.4, 0.5) is 0 Å². The Morgan fingerprint density at radius 1 is 1.47 bits per heavy atom. The van der Waals surface area contributed by atoms with Crippen molar-refractivity contribution < 1.29 is 0 Å². The summed E-state index contributed by atoms with van der Waals surface area (Å²) in [5.41, 5.74) is 0. The van der Waals surface area contributed by atoms with Crippen LogP contribution in [0.3, 0.4) is 0 Å². The first kappa shape index (κ1) is 12.5. The molecule has 0 bridgehead atoms. The zero-order chi connectivity index (χ0) is 11.1. The van der Waals surface area contributed by atoms with Crippen molar-refractivity contribution in [1.82, 2.24) is 25.0 Å². The first-order chi connectivity index (χ1) is 7.20. The molecule has 0 aliphatic carbocycles. The Hall–Kier alpha value is -0.590. The molecule has 0 radical (unpaired) electrons. The largest absolute Gasteiger partial charge is 0.315 e. The van der Waals surface area contributed by atoms with Gasteiger partial charge in [0.25, 0.3) is 0 Å². The Morgan fingerprint density at radius 3 is 2.87 bits per heavy atom. The van der Waals surface area contributed by atoms with Crippen LogP contribution in [0.25, 0.3) is 0 Å². The molecule has 15 heavy (non-hydrogen) atoms. The number of hydrogen-bond donors (Lipinski definition) is 1. The van der Waals surface area contributed by atoms with E-state index in [0.717, 1.165) is 30.5 Å². The van der Waals surface area contributed by atoms with Crippen LogP contribution in [0.5, 0.6) is 0 Å². The van der Waals surface area contributed by atoms with Gasteiger partial charge in [0.1, 0.15) is 6.33 Å². The monoisotopic (exact) mass is 229 g/mol. The average Bonchev–Trinajstić information content (AvgIpc) is 2.57. The molecule has 0 saturated carbocycles. The molecule has 1 aromatic rings. The van der Waals surface area contributed by atoms with Crippen LogP contribution >= 0.6 is 11.8 Å². The van der Waals surface area contributed by atoms with Crippen LogP contribution in [-0.4, -0.2) is 59.1 Å². The van der Waals surface area contributed by atoms with Gasteiger partial charge in [0, 0.05) is 32.4 Å². The standard InChI is InChI=1S/C9H19N5S/c1-13(2)6-4-10-5-7-15-9-11-8-12-14(9)3/h8,10H,4-7H2,1-3H3. The maximum absolute atomic E-state index is 4.14. The number of aromatic nitrogens is 3. The van der Waals surface area contributed by atoms with Crippen molar-refractivity contribution >= 4 is 11.8 Å². The molecule has 1 rings (SSSR count). The van der Waals surface area contributed by atoms with Gasteiger partial charge in [-0.1, -0.05) is 11.8 Å². The van der Waals surface area contributed by atoms with Crippen molar-refractivity contribution in [2.24, 2.45) is 7.05 Å². The maximum Gasteiger partial charge on any atom is 0.185 e. The summed E-state index contributed by atoms with van der Waals surface area (Å²) in [7, 11) is 6.07. The summed E-state index contributed by atoms with van der Waals surface area (Å²) in [6.45, 7) is 3.12. The third-order valence-electron chi connectivity index (χ3n) is 1.92. The van der Waals surface area contributed by atoms with Crippen molar-refractivity contribution in [2.45, 2.75) is 5.16 Å². The number of likely N-dealkylation sites (N-methyl/N-ethyl adjacent to an activating group) is 1. The number of rotatable bonds is 7. The van der Waals surface area contributed by atoms with Crippen LogP contribution < -0.4 is 5.32 Å². The fourth-order valence-electron chi connectivity index (χ4n) is 1.06. The molecule has 86 valence electrons. The molecule has 0 atom stereocenters. The molecule has 0 fully saturated rings. The van der Waals surface area contributed by atoms with Crippen LogP contribution in [0.15, 0.2) is 11.5 Å². The van der Waals surface area contributed by atoms with Crippen LogP contribution in [-0.2, 0) is 7.05 Å². The number of aryl methyl sites for hydroxylation is 1. The Kier molecular flexibility index (Phi) is 5.67. The average molecular weight is 229 g/mol. The predicted octanol–water partition coefficient (Wildman–Crippen LogP) is 0.0584. The minimum atomic E-state index is 0.976. The van der Waals surface area contributed by atoms with Gasteiger partial charge < -0.3 is 10.2 Å². The molecule has 0 aromatic carbocycles. The number of hydrogen-bond acceptors (Lipinski definition) is 5. The first-order valence-corrected chi connectivity index (χ1v) is 6.01. The van der Waals surface area contributed by atoms with E-state index in [1.54, 1.807) is 22.8 Å². The summed E-state index contributed by atoms with van der Waals surface area (Å²) in [6.07, 6.45) is 1.59. The van der Waals surface area contributed by atoms with E-state index in [-0.39, 0.29) is 0 Å². The minimum absolute atomic E-state index is 0.976. The fraction of sp³-hybridized carbons (Fsp3) is 0.778. The van der Waals surface area contributed by atoms with Gasteiger partial charge in [0.05, 0.1) is 0 Å². The van der Waals surface area contributed by atoms with Crippen molar-refractivity contribution in [3.05, 3.63) is 6.33 Å². The van der Waals surface area contributed by atoms with Gasteiger partial charge >= 0.3 is 0 Å². The number of nitrogens with zero attached hydrogens (tertiary/aromatic N) is 4. The number of thioether (sulfide) groups is 1. The fourth-order valence-corrected chi connectivity index (χ4v) is 1.84. The van der Waals surface area contributed by atoms with E-state index >= 15 is 0 Å². The molecule has 5 nitrogen and oxygen atoms in total. The Morgan fingerprint density at radius 2 is 2.27 bits per heavy atom. The van der Waals surface area contributed by atoms with Crippen LogP contribution in [0.1, 0.15) is 0 Å². The third kappa shape index (κ3) is 5.15. The molecule has 0 aliphatic rings. The van der Waals surface area contributed by atoms with Gasteiger partial charge in [-0.25, -0.2) is 9.67 Å². The van der Waals surface area contributed by atoms with Gasteiger partial charge in [0.2, 0.25) is 0 Å². The van der Waals surface area contributed by atoms with Gasteiger partial charge in [-0.05, 0) is 14.1 Å². The van der Waals surface area contributed by atoms with E-state index in [1.807, 2.05) is 7.05 Å². The van der Waals surface area contributed by atoms with E-state index in [1.165, 1.54) is 0 Å². The lowest BCUT2D eigenvalue weighted by atomic mass is 10.5. The van der Waals surface area contributed by atoms with Crippen molar-refractivity contribution in [3.63, 3.8) is 0 Å². The van der Waals surface area contributed by atoms with Gasteiger partial charge in [-0.3, -0.25) is 0 Å². The van der Waals surface area contributed by atoms with E-state index in [2.05, 4.69) is 34.4 Å². The second-order valence-corrected chi connectivity index (χ2v) is 4.63. The molecular weight excluding hydrogens is 210 g/mol. The lowest BCUT2D eigenvalue weighted by molar-refractivity contribution is 0.403. The summed E-state index contributed by atoms with van der Waals surface area (Å²) < 4.78 is 1.80. The molecule has 1 heterocycles. The molecule has 6 heteroatoms. The Balaban J connectivity index is 2.00. The smallest absolute Gasteiger partial charge is 0.185 e. The van der Waals surface area contributed by atoms with Crippen molar-refractivity contribution in [3.8, 4) is 0 Å². The van der Waals surface area contributed by atoms with Gasteiger partial charge in [0.15, 0.2) is 5.16 Å². The van der Waals surface area contributed by atoms with E-state index in [0.29, 0.717) is 0 Å². The topological polar surface area (TPSA) is 46.0 Å². The summed E-state index contributed by atoms with van der Waals surface area (Å²) in [4.78, 5) is 6.31. The van der Waals surface area contributed by atoms with Gasteiger partial charge in [-0.15, -0.1) is 0 Å². The van der Waals surface area contributed by atoms with E-state index < -0.39 is 0 Å². The summed E-state index contributed by atoms with van der Waals surface area (Å²) in [5.74, 6) is 1.03. The highest BCUT2D eigenvalue weighted by atomic mass is 32.2. The summed E-state index contributed by atoms with van der Waals surface area (Å²) in [5, 5.41) is 8.37. The second-order valence-electron chi connectivity index (χ2n) is 3.57. The molecule has 0 spiro atoms. The molecule has 0 unspecified atom stereocenters. The van der Waals surface area contributed by atoms with E-state index in [9.17, 15) is 0 Å². The van der Waals surface area contributed by atoms with Crippen LogP contribution in [0, 0.1) is 0 Å². The SMILES string of the molecule is CN(C)CCNCCSc1ncnn1C. The molecule has 0 saturated heterocycles. The Labute approximate surface area is 95.2 Å². The number of nitrogens with one attached hydrogen (secondary N) is 1. The first-order valence-electron chi connectivity index (χ1n) is 5.02. The molecular formula is C9H19N5S. The second kappa shape index (κ2) is 6.81. The quantitative estimate of drug-likeness (QED) is 0.529. The van der Waals surface area contributed by atoms with Crippen molar-refractivity contribution in [2.75, 3.05) is 39.5 Å². The van der Waals surface area contributed by atoms with Crippen LogP contribution in [0.2, 0.25) is 0 Å². The zero-order valence-electron chi connectivity index (χ0n) is 9.60. The highest BCUT2D eigenvalue weighted by Crippen LogP contribution is 2.11. The lowest BCUT2D eigenvalue weighted by Gasteiger charge is -2.09. The zero-order valence-corrected chi connectivity index (χ0v) is 10.4. The van der Waals surface area contributed by atoms with Crippen molar-refractivity contribution in [1.29, 1.82) is 0 Å². The van der Waals surface area contributed by atoms with E-state index in [4.69, 9.17) is 0 Å². The molecule has 1 aromatic heterocycles. The summed E-state index contributed by atoms with van der Waals surface area (Å²) >= 11 is 1.73. The molecule has 0 aliphatic heterocycles. The minimum Gasteiger partial charge on any atom is -0.315 e. The highest BCUT2D eigenvalue weighted by molar-refractivity contribution is 7.99. The summed E-state index contributed by atoms with van der Waals surface area (Å²) in [6, 6.07) is 0. The maximum atomic E-state index is 4.14.